The maximum atomic E-state index is 5.86. The van der Waals surface area contributed by atoms with Crippen molar-refractivity contribution in [1.29, 1.82) is 0 Å². The predicted octanol–water partition coefficient (Wildman–Crippen LogP) is 2.51. The molecule has 1 heterocycles. The van der Waals surface area contributed by atoms with Crippen LogP contribution in [0.1, 0.15) is 17.5 Å². The van der Waals surface area contributed by atoms with Gasteiger partial charge in [-0.15, -0.1) is 0 Å². The van der Waals surface area contributed by atoms with Gasteiger partial charge in [0, 0.05) is 24.1 Å². The molecule has 0 saturated carbocycles. The number of hydrogen-bond acceptors (Lipinski definition) is 3. The molecule has 0 atom stereocenters. The number of fused-ring (bicyclic) bond motifs is 1. The molecule has 1 aliphatic heterocycles. The third-order valence-electron chi connectivity index (χ3n) is 3.74. The summed E-state index contributed by atoms with van der Waals surface area (Å²) in [5, 5.41) is 3.39. The first kappa shape index (κ1) is 16.0. The molecule has 1 aromatic carbocycles. The molecule has 1 aromatic rings. The number of ether oxygens (including phenoxy) is 1. The zero-order valence-corrected chi connectivity index (χ0v) is 14.5. The van der Waals surface area contributed by atoms with Crippen molar-refractivity contribution in [2.24, 2.45) is 0 Å². The molecule has 20 heavy (non-hydrogen) atoms. The van der Waals surface area contributed by atoms with Crippen LogP contribution in [-0.2, 0) is 12.8 Å². The van der Waals surface area contributed by atoms with Crippen molar-refractivity contribution < 1.29 is 4.74 Å². The summed E-state index contributed by atoms with van der Waals surface area (Å²) < 4.78 is 7.03. The number of benzene rings is 1. The van der Waals surface area contributed by atoms with Crippen molar-refractivity contribution in [2.75, 3.05) is 44.3 Å². The second kappa shape index (κ2) is 8.85. The van der Waals surface area contributed by atoms with Crippen LogP contribution < -0.4 is 10.1 Å². The van der Waals surface area contributed by atoms with Crippen LogP contribution in [0.5, 0.6) is 5.75 Å². The molecule has 0 radical (unpaired) electrons. The Balaban J connectivity index is 1.79. The molecular weight excluding hydrogens is 363 g/mol. The lowest BCUT2D eigenvalue weighted by Gasteiger charge is -2.11. The molecule has 0 bridgehead atoms. The van der Waals surface area contributed by atoms with Crippen molar-refractivity contribution >= 4 is 22.6 Å². The Morgan fingerprint density at radius 2 is 2.00 bits per heavy atom. The number of likely N-dealkylation sites (N-methyl/N-ethyl adjacent to an activating group) is 1. The van der Waals surface area contributed by atoms with Crippen molar-refractivity contribution in [1.82, 2.24) is 10.2 Å². The Kier molecular flexibility index (Phi) is 7.10. The van der Waals surface area contributed by atoms with Gasteiger partial charge in [0.2, 0.25) is 0 Å². The van der Waals surface area contributed by atoms with Gasteiger partial charge in [-0.25, -0.2) is 0 Å². The Labute approximate surface area is 136 Å². The van der Waals surface area contributed by atoms with Crippen molar-refractivity contribution in [3.63, 3.8) is 0 Å². The fourth-order valence-corrected chi connectivity index (χ4v) is 2.86. The van der Waals surface area contributed by atoms with Crippen molar-refractivity contribution in [3.8, 4) is 5.75 Å². The van der Waals surface area contributed by atoms with Gasteiger partial charge in [0.05, 0.1) is 6.61 Å². The summed E-state index contributed by atoms with van der Waals surface area (Å²) in [7, 11) is 2.20. The lowest BCUT2D eigenvalue weighted by molar-refractivity contribution is 0.308. The average molecular weight is 388 g/mol. The summed E-state index contributed by atoms with van der Waals surface area (Å²) in [5.41, 5.74) is 2.96. The van der Waals surface area contributed by atoms with Gasteiger partial charge < -0.3 is 15.0 Å². The molecular formula is C16H25IN2O. The van der Waals surface area contributed by atoms with Gasteiger partial charge in [-0.05, 0) is 56.1 Å². The molecule has 0 unspecified atom stereocenters. The highest BCUT2D eigenvalue weighted by Crippen LogP contribution is 2.21. The third-order valence-corrected chi connectivity index (χ3v) is 4.28. The summed E-state index contributed by atoms with van der Waals surface area (Å²) >= 11 is 2.39. The Bertz CT molecular complexity index is 411. The van der Waals surface area contributed by atoms with Gasteiger partial charge in [0.25, 0.3) is 0 Å². The van der Waals surface area contributed by atoms with Crippen LogP contribution in [0.2, 0.25) is 0 Å². The molecule has 0 saturated heterocycles. The highest BCUT2D eigenvalue weighted by atomic mass is 127. The normalized spacial score (nSPS) is 15.7. The van der Waals surface area contributed by atoms with Crippen LogP contribution >= 0.6 is 22.6 Å². The molecule has 4 heteroatoms. The number of hydrogen-bond donors (Lipinski definition) is 1. The molecule has 0 amide bonds. The van der Waals surface area contributed by atoms with Crippen LogP contribution in [0.4, 0.5) is 0 Å². The van der Waals surface area contributed by atoms with E-state index in [9.17, 15) is 0 Å². The summed E-state index contributed by atoms with van der Waals surface area (Å²) in [5.74, 6) is 1.03. The first-order chi connectivity index (χ1) is 9.79. The smallest absolute Gasteiger partial charge is 0.119 e. The predicted molar refractivity (Wildman–Crippen MR) is 93.2 cm³/mol. The summed E-state index contributed by atoms with van der Waals surface area (Å²) in [4.78, 5) is 2.40. The highest BCUT2D eigenvalue weighted by Gasteiger charge is 2.11. The van der Waals surface area contributed by atoms with Crippen LogP contribution in [0.15, 0.2) is 18.2 Å². The topological polar surface area (TPSA) is 24.5 Å². The SMILES string of the molecule is CN1CCc2ccc(OCCCNCCI)cc2CC1. The van der Waals surface area contributed by atoms with E-state index in [1.807, 2.05) is 0 Å². The van der Waals surface area contributed by atoms with Crippen LogP contribution in [0, 0.1) is 0 Å². The molecule has 0 spiro atoms. The van der Waals surface area contributed by atoms with Crippen LogP contribution in [-0.4, -0.2) is 49.2 Å². The van der Waals surface area contributed by atoms with E-state index in [1.54, 1.807) is 0 Å². The van der Waals surface area contributed by atoms with Gasteiger partial charge >= 0.3 is 0 Å². The maximum absolute atomic E-state index is 5.86. The fraction of sp³-hybridized carbons (Fsp3) is 0.625. The summed E-state index contributed by atoms with van der Waals surface area (Å²) in [6.07, 6.45) is 3.36. The van der Waals surface area contributed by atoms with E-state index in [4.69, 9.17) is 4.74 Å². The highest BCUT2D eigenvalue weighted by molar-refractivity contribution is 14.1. The Morgan fingerprint density at radius 1 is 1.20 bits per heavy atom. The van der Waals surface area contributed by atoms with Crippen LogP contribution in [0.25, 0.3) is 0 Å². The second-order valence-electron chi connectivity index (χ2n) is 5.37. The lowest BCUT2D eigenvalue weighted by Crippen LogP contribution is -2.20. The Hall–Kier alpha value is -0.330. The summed E-state index contributed by atoms with van der Waals surface area (Å²) in [6.45, 7) is 5.24. The summed E-state index contributed by atoms with van der Waals surface area (Å²) in [6, 6.07) is 6.62. The molecule has 0 aliphatic carbocycles. The van der Waals surface area contributed by atoms with Crippen molar-refractivity contribution in [2.45, 2.75) is 19.3 Å². The van der Waals surface area contributed by atoms with E-state index in [-0.39, 0.29) is 0 Å². The third kappa shape index (κ3) is 5.22. The largest absolute Gasteiger partial charge is 0.494 e. The lowest BCUT2D eigenvalue weighted by atomic mass is 10.0. The Morgan fingerprint density at radius 3 is 2.80 bits per heavy atom. The van der Waals surface area contributed by atoms with Gasteiger partial charge in [-0.3, -0.25) is 0 Å². The van der Waals surface area contributed by atoms with Gasteiger partial charge in [-0.1, -0.05) is 28.7 Å². The van der Waals surface area contributed by atoms with E-state index in [0.29, 0.717) is 0 Å². The van der Waals surface area contributed by atoms with E-state index in [0.717, 1.165) is 62.2 Å². The van der Waals surface area contributed by atoms with Gasteiger partial charge in [0.1, 0.15) is 5.75 Å². The first-order valence-corrected chi connectivity index (χ1v) is 9.02. The quantitative estimate of drug-likeness (QED) is 0.442. The van der Waals surface area contributed by atoms with Gasteiger partial charge in [0.15, 0.2) is 0 Å². The molecule has 0 aromatic heterocycles. The molecule has 112 valence electrons. The van der Waals surface area contributed by atoms with E-state index in [1.165, 1.54) is 11.1 Å². The number of rotatable bonds is 7. The molecule has 2 rings (SSSR count). The van der Waals surface area contributed by atoms with Gasteiger partial charge in [-0.2, -0.15) is 0 Å². The number of alkyl halides is 1. The van der Waals surface area contributed by atoms with E-state index >= 15 is 0 Å². The first-order valence-electron chi connectivity index (χ1n) is 7.49. The molecule has 3 nitrogen and oxygen atoms in total. The second-order valence-corrected chi connectivity index (χ2v) is 6.45. The fourth-order valence-electron chi connectivity index (χ4n) is 2.48. The maximum Gasteiger partial charge on any atom is 0.119 e. The van der Waals surface area contributed by atoms with Crippen LogP contribution in [0.3, 0.4) is 0 Å². The minimum Gasteiger partial charge on any atom is -0.494 e. The molecule has 0 fully saturated rings. The zero-order chi connectivity index (χ0) is 14.2. The molecule has 1 N–H and O–H groups in total. The number of nitrogens with zero attached hydrogens (tertiary/aromatic N) is 1. The minimum atomic E-state index is 0.799. The standard InChI is InChI=1S/C16H25IN2O/c1-19-10-5-14-3-4-16(13-15(14)6-11-19)20-12-2-8-18-9-7-17/h3-4,13,18H,2,5-12H2,1H3. The minimum absolute atomic E-state index is 0.799. The molecule has 1 aliphatic rings. The zero-order valence-electron chi connectivity index (χ0n) is 12.3. The number of halogens is 1. The average Bonchev–Trinajstić information content (AvgIpc) is 2.65. The van der Waals surface area contributed by atoms with Crippen molar-refractivity contribution in [3.05, 3.63) is 29.3 Å². The van der Waals surface area contributed by atoms with E-state index in [2.05, 4.69) is 58.1 Å². The monoisotopic (exact) mass is 388 g/mol. The van der Waals surface area contributed by atoms with E-state index < -0.39 is 0 Å². The number of nitrogens with one attached hydrogen (secondary N) is 1.